The topological polar surface area (TPSA) is 90.4 Å². The van der Waals surface area contributed by atoms with Crippen LogP contribution in [-0.2, 0) is 4.79 Å². The fourth-order valence-corrected chi connectivity index (χ4v) is 0.725. The van der Waals surface area contributed by atoms with Gasteiger partial charge in [0.15, 0.2) is 0 Å². The van der Waals surface area contributed by atoms with E-state index in [0.717, 1.165) is 0 Å². The molecule has 1 unspecified atom stereocenters. The number of aromatic amines is 1. The summed E-state index contributed by atoms with van der Waals surface area (Å²) in [6.07, 6.45) is 5.51. The van der Waals surface area contributed by atoms with E-state index < -0.39 is 12.0 Å². The van der Waals surface area contributed by atoms with Crippen molar-refractivity contribution in [3.05, 3.63) is 18.5 Å². The van der Waals surface area contributed by atoms with Crippen LogP contribution in [0, 0.1) is 0 Å². The maximum absolute atomic E-state index is 10.1. The van der Waals surface area contributed by atoms with Gasteiger partial charge in [0.1, 0.15) is 6.04 Å². The largest absolute Gasteiger partial charge is 0.480 e. The van der Waals surface area contributed by atoms with Crippen LogP contribution in [0.2, 0.25) is 0 Å². The van der Waals surface area contributed by atoms with E-state index >= 15 is 0 Å². The third-order valence-corrected chi connectivity index (χ3v) is 1.37. The molecular weight excluding hydrogens is 172 g/mol. The van der Waals surface area contributed by atoms with Crippen LogP contribution < -0.4 is 5.43 Å². The van der Waals surface area contributed by atoms with Crippen LogP contribution in [0.3, 0.4) is 0 Å². The summed E-state index contributed by atoms with van der Waals surface area (Å²) in [6.45, 7) is 0. The van der Waals surface area contributed by atoms with Crippen LogP contribution in [0.25, 0.3) is 0 Å². The molecule has 1 atom stereocenters. The summed E-state index contributed by atoms with van der Waals surface area (Å²) >= 11 is 0. The van der Waals surface area contributed by atoms with Gasteiger partial charge in [0, 0.05) is 25.0 Å². The average Bonchev–Trinajstić information content (AvgIpc) is 2.82. The summed E-state index contributed by atoms with van der Waals surface area (Å²) in [4.78, 5) is 10.1. The Morgan fingerprint density at radius 1 is 1.62 bits per heavy atom. The van der Waals surface area contributed by atoms with Gasteiger partial charge in [-0.25, -0.2) is 4.79 Å². The Bertz CT molecular complexity index is 245. The molecule has 0 aliphatic carbocycles. The van der Waals surface area contributed by atoms with Crippen LogP contribution in [0.1, 0.15) is 6.42 Å². The normalized spacial score (nSPS) is 18.6. The monoisotopic (exact) mass is 182 g/mol. The zero-order chi connectivity index (χ0) is 9.52. The van der Waals surface area contributed by atoms with Crippen molar-refractivity contribution in [3.63, 3.8) is 0 Å². The molecule has 3 N–H and O–H groups in total. The highest BCUT2D eigenvalue weighted by atomic mass is 16.4. The molecule has 0 bridgehead atoms. The maximum atomic E-state index is 10.1. The van der Waals surface area contributed by atoms with Gasteiger partial charge in [-0.2, -0.15) is 10.2 Å². The summed E-state index contributed by atoms with van der Waals surface area (Å²) in [7, 11) is 0. The van der Waals surface area contributed by atoms with Crippen LogP contribution in [0.5, 0.6) is 0 Å². The third kappa shape index (κ3) is 3.37. The Hall–Kier alpha value is -1.85. The highest BCUT2D eigenvalue weighted by Gasteiger charge is 2.17. The van der Waals surface area contributed by atoms with Crippen LogP contribution in [0.4, 0.5) is 0 Å². The van der Waals surface area contributed by atoms with Crippen molar-refractivity contribution in [1.29, 1.82) is 0 Å². The molecule has 0 radical (unpaired) electrons. The number of carbonyl (C=O) groups is 1. The quantitative estimate of drug-likeness (QED) is 0.562. The Kier molecular flexibility index (Phi) is 3.49. The summed E-state index contributed by atoms with van der Waals surface area (Å²) in [5.74, 6) is -0.845. The molecule has 0 saturated carbocycles. The molecule has 6 nitrogen and oxygen atoms in total. The zero-order valence-corrected chi connectivity index (χ0v) is 6.84. The van der Waals surface area contributed by atoms with Gasteiger partial charge in [0.2, 0.25) is 0 Å². The number of nitrogens with one attached hydrogen (secondary N) is 2. The van der Waals surface area contributed by atoms with Gasteiger partial charge < -0.3 is 5.11 Å². The number of aliphatic carboxylic acids is 1. The van der Waals surface area contributed by atoms with Gasteiger partial charge >= 0.3 is 5.97 Å². The molecular formula is C7H10N4O2. The van der Waals surface area contributed by atoms with Gasteiger partial charge in [0.25, 0.3) is 0 Å². The summed E-state index contributed by atoms with van der Waals surface area (Å²) in [6, 6.07) is 1.34. The smallest absolute Gasteiger partial charge is 0.328 e. The molecule has 0 amide bonds. The standard InChI is InChI=1S/C4H6N2O2.C3H4N2/c7-4(8)3-1-2-5-6-3;1-2-4-5-3-1/h2-3,6H,1H2,(H,7,8);1-3H,(H,4,5). The molecule has 6 heteroatoms. The van der Waals surface area contributed by atoms with E-state index in [-0.39, 0.29) is 0 Å². The first-order chi connectivity index (χ1) is 6.30. The van der Waals surface area contributed by atoms with Crippen molar-refractivity contribution in [1.82, 2.24) is 15.6 Å². The molecule has 0 spiro atoms. The molecule has 1 aromatic rings. The predicted molar refractivity (Wildman–Crippen MR) is 46.3 cm³/mol. The number of nitrogens with zero attached hydrogens (tertiary/aromatic N) is 2. The van der Waals surface area contributed by atoms with Gasteiger partial charge in [-0.1, -0.05) is 0 Å². The summed E-state index contributed by atoms with van der Waals surface area (Å²) < 4.78 is 0. The number of H-pyrrole nitrogens is 1. The minimum absolute atomic E-state index is 0.491. The maximum Gasteiger partial charge on any atom is 0.328 e. The fourth-order valence-electron chi connectivity index (χ4n) is 0.725. The lowest BCUT2D eigenvalue weighted by Crippen LogP contribution is -2.28. The Balaban J connectivity index is 0.000000145. The second-order valence-electron chi connectivity index (χ2n) is 2.33. The number of carboxylic acid groups (broad SMARTS) is 1. The first kappa shape index (κ1) is 9.24. The Morgan fingerprint density at radius 3 is 2.69 bits per heavy atom. The van der Waals surface area contributed by atoms with Crippen LogP contribution in [0.15, 0.2) is 23.6 Å². The van der Waals surface area contributed by atoms with Crippen molar-refractivity contribution in [2.24, 2.45) is 5.10 Å². The lowest BCUT2D eigenvalue weighted by Gasteiger charge is -1.99. The van der Waals surface area contributed by atoms with E-state index in [1.165, 1.54) is 0 Å². The SMILES string of the molecule is O=C(O)C1CC=NN1.c1cn[nH]c1. The number of hydrazone groups is 1. The second-order valence-corrected chi connectivity index (χ2v) is 2.33. The molecule has 0 fully saturated rings. The van der Waals surface area contributed by atoms with Gasteiger partial charge in [0.05, 0.1) is 0 Å². The number of carboxylic acids is 1. The number of hydrogen-bond acceptors (Lipinski definition) is 4. The summed E-state index contributed by atoms with van der Waals surface area (Å²) in [5, 5.41) is 18.0. The number of aromatic nitrogens is 2. The summed E-state index contributed by atoms with van der Waals surface area (Å²) in [5.41, 5.74) is 2.43. The van der Waals surface area contributed by atoms with Gasteiger partial charge in [-0.15, -0.1) is 0 Å². The van der Waals surface area contributed by atoms with Crippen molar-refractivity contribution in [3.8, 4) is 0 Å². The minimum atomic E-state index is -0.845. The highest BCUT2D eigenvalue weighted by molar-refractivity contribution is 5.79. The molecule has 0 aromatic carbocycles. The predicted octanol–water partition coefficient (Wildman–Crippen LogP) is -0.172. The molecule has 1 aromatic heterocycles. The molecule has 70 valence electrons. The molecule has 0 saturated heterocycles. The van der Waals surface area contributed by atoms with E-state index in [0.29, 0.717) is 6.42 Å². The van der Waals surface area contributed by atoms with Crippen molar-refractivity contribution in [2.75, 3.05) is 0 Å². The average molecular weight is 182 g/mol. The van der Waals surface area contributed by atoms with Crippen molar-refractivity contribution in [2.45, 2.75) is 12.5 Å². The number of rotatable bonds is 1. The van der Waals surface area contributed by atoms with Gasteiger partial charge in [-0.3, -0.25) is 10.5 Å². The van der Waals surface area contributed by atoms with E-state index in [4.69, 9.17) is 5.11 Å². The molecule has 1 aliphatic heterocycles. The van der Waals surface area contributed by atoms with Crippen molar-refractivity contribution >= 4 is 12.2 Å². The first-order valence-electron chi connectivity index (χ1n) is 3.74. The van der Waals surface area contributed by atoms with Crippen LogP contribution in [-0.4, -0.2) is 33.5 Å². The second kappa shape index (κ2) is 4.91. The molecule has 1 aliphatic rings. The Labute approximate surface area is 74.7 Å². The van der Waals surface area contributed by atoms with E-state index in [2.05, 4.69) is 20.7 Å². The fraction of sp³-hybridized carbons (Fsp3) is 0.286. The Morgan fingerprint density at radius 2 is 2.46 bits per heavy atom. The molecule has 2 heterocycles. The highest BCUT2D eigenvalue weighted by Crippen LogP contribution is 1.94. The third-order valence-electron chi connectivity index (χ3n) is 1.37. The molecule has 2 rings (SSSR count). The number of hydrogen-bond donors (Lipinski definition) is 3. The lowest BCUT2D eigenvalue weighted by molar-refractivity contribution is -0.139. The van der Waals surface area contributed by atoms with Crippen molar-refractivity contribution < 1.29 is 9.90 Å². The first-order valence-corrected chi connectivity index (χ1v) is 3.74. The lowest BCUT2D eigenvalue weighted by atomic mass is 10.2. The van der Waals surface area contributed by atoms with E-state index in [1.807, 2.05) is 6.07 Å². The van der Waals surface area contributed by atoms with E-state index in [1.54, 1.807) is 18.6 Å². The minimum Gasteiger partial charge on any atom is -0.480 e. The molecule has 13 heavy (non-hydrogen) atoms. The van der Waals surface area contributed by atoms with E-state index in [9.17, 15) is 4.79 Å². The zero-order valence-electron chi connectivity index (χ0n) is 6.84. The van der Waals surface area contributed by atoms with Gasteiger partial charge in [-0.05, 0) is 6.07 Å². The van der Waals surface area contributed by atoms with Crippen LogP contribution >= 0.6 is 0 Å².